The van der Waals surface area contributed by atoms with E-state index in [4.69, 9.17) is 21.7 Å². The number of hydrogen-bond donors (Lipinski definition) is 10. The first-order valence-corrected chi connectivity index (χ1v) is 13.0. The van der Waals surface area contributed by atoms with Gasteiger partial charge in [0.25, 0.3) is 0 Å². The van der Waals surface area contributed by atoms with Crippen LogP contribution in [-0.2, 0) is 38.4 Å². The maximum Gasteiger partial charge on any atom is 0.326 e. The Labute approximate surface area is 240 Å². The molecule has 0 aromatic rings. The molecule has 18 nitrogen and oxygen atoms in total. The Morgan fingerprint density at radius 3 is 1.60 bits per heavy atom. The van der Waals surface area contributed by atoms with Crippen LogP contribution in [0.3, 0.4) is 0 Å². The molecule has 0 spiro atoms. The summed E-state index contributed by atoms with van der Waals surface area (Å²) in [7, 11) is 0. The first-order valence-electron chi connectivity index (χ1n) is 13.0. The minimum Gasteiger partial charge on any atom is -0.481 e. The van der Waals surface area contributed by atoms with Gasteiger partial charge in [-0.3, -0.25) is 33.6 Å². The van der Waals surface area contributed by atoms with Crippen LogP contribution in [0.1, 0.15) is 58.8 Å². The van der Waals surface area contributed by atoms with Gasteiger partial charge in [-0.2, -0.15) is 0 Å². The van der Waals surface area contributed by atoms with Crippen molar-refractivity contribution in [2.75, 3.05) is 6.54 Å². The lowest BCUT2D eigenvalue weighted by Crippen LogP contribution is -2.59. The zero-order valence-corrected chi connectivity index (χ0v) is 23.3. The number of carbonyl (C=O) groups excluding carboxylic acids is 4. The van der Waals surface area contributed by atoms with E-state index >= 15 is 0 Å². The average Bonchev–Trinajstić information content (AvgIpc) is 2.87. The highest BCUT2D eigenvalue weighted by atomic mass is 16.4. The molecule has 0 fully saturated rings. The molecule has 18 heteroatoms. The van der Waals surface area contributed by atoms with Crippen LogP contribution >= 0.6 is 0 Å². The van der Waals surface area contributed by atoms with Gasteiger partial charge in [-0.05, 0) is 31.7 Å². The van der Waals surface area contributed by atoms with E-state index in [2.05, 4.69) is 16.0 Å². The molecule has 0 heterocycles. The first-order chi connectivity index (χ1) is 19.5. The van der Waals surface area contributed by atoms with E-state index in [0.717, 1.165) is 0 Å². The van der Waals surface area contributed by atoms with Gasteiger partial charge in [-0.25, -0.2) is 4.79 Å². The largest absolute Gasteiger partial charge is 0.481 e. The summed E-state index contributed by atoms with van der Waals surface area (Å²) >= 11 is 0. The standard InChI is InChI=1S/C24H40N6O12/c1-11(2)19(23(40)29-15(24(41)42)10-18(35)36)30-21(38)13(6-7-16(31)32)27-22(39)14(9-17(33)34)28-20(37)12(26)5-3-4-8-25/h11-15,19H,3-10,25-26H2,1-2H3,(H,27,39)(H,28,37)(H,29,40)(H,30,38)(H,31,32)(H,33,34)(H,35,36)(H,41,42)/t12-,13-,14-,15-,19-/m0/s1. The van der Waals surface area contributed by atoms with E-state index in [1.807, 2.05) is 5.32 Å². The number of carboxylic acids is 4. The van der Waals surface area contributed by atoms with Crippen molar-refractivity contribution in [1.29, 1.82) is 0 Å². The SMILES string of the molecule is CC(C)[C@H](NC(=O)[C@H](CCC(=O)O)NC(=O)[C@H](CC(=O)O)NC(=O)[C@@H](N)CCCCN)C(=O)N[C@@H](CC(=O)O)C(=O)O. The van der Waals surface area contributed by atoms with E-state index in [0.29, 0.717) is 19.4 Å². The lowest BCUT2D eigenvalue weighted by atomic mass is 10.0. The van der Waals surface area contributed by atoms with Crippen LogP contribution in [0.15, 0.2) is 0 Å². The molecule has 5 atom stereocenters. The molecule has 12 N–H and O–H groups in total. The molecular weight excluding hydrogens is 564 g/mol. The highest BCUT2D eigenvalue weighted by molar-refractivity contribution is 5.97. The number of aliphatic carboxylic acids is 4. The van der Waals surface area contributed by atoms with Gasteiger partial charge in [0.1, 0.15) is 24.2 Å². The molecule has 4 amide bonds. The highest BCUT2D eigenvalue weighted by Crippen LogP contribution is 2.08. The molecule has 0 rings (SSSR count). The number of unbranched alkanes of at least 4 members (excludes halogenated alkanes) is 1. The van der Waals surface area contributed by atoms with E-state index in [-0.39, 0.29) is 6.42 Å². The molecule has 0 bridgehead atoms. The topological polar surface area (TPSA) is 318 Å². The Hall–Kier alpha value is -4.32. The lowest BCUT2D eigenvalue weighted by Gasteiger charge is -2.27. The number of amides is 4. The summed E-state index contributed by atoms with van der Waals surface area (Å²) in [5.74, 6) is -10.8. The predicted molar refractivity (Wildman–Crippen MR) is 142 cm³/mol. The van der Waals surface area contributed by atoms with Crippen molar-refractivity contribution in [2.24, 2.45) is 17.4 Å². The normalized spacial score (nSPS) is 14.4. The van der Waals surface area contributed by atoms with Gasteiger partial charge in [0.05, 0.1) is 18.9 Å². The number of carboxylic acid groups (broad SMARTS) is 4. The van der Waals surface area contributed by atoms with Crippen LogP contribution in [-0.4, -0.2) is 105 Å². The molecule has 0 aromatic carbocycles. The van der Waals surface area contributed by atoms with Crippen LogP contribution in [0.5, 0.6) is 0 Å². The average molecular weight is 605 g/mol. The first kappa shape index (κ1) is 37.7. The maximum atomic E-state index is 13.1. The summed E-state index contributed by atoms with van der Waals surface area (Å²) in [4.78, 5) is 96.0. The fourth-order valence-electron chi connectivity index (χ4n) is 3.54. The molecule has 238 valence electrons. The molecule has 0 aliphatic carbocycles. The van der Waals surface area contributed by atoms with E-state index < -0.39 is 109 Å². The Morgan fingerprint density at radius 2 is 1.12 bits per heavy atom. The maximum absolute atomic E-state index is 13.1. The Morgan fingerprint density at radius 1 is 0.619 bits per heavy atom. The van der Waals surface area contributed by atoms with Crippen molar-refractivity contribution in [3.05, 3.63) is 0 Å². The van der Waals surface area contributed by atoms with Crippen molar-refractivity contribution >= 4 is 47.5 Å². The number of hydrogen-bond acceptors (Lipinski definition) is 10. The summed E-state index contributed by atoms with van der Waals surface area (Å²) in [6.45, 7) is 3.30. The van der Waals surface area contributed by atoms with Gasteiger partial charge in [0, 0.05) is 6.42 Å². The van der Waals surface area contributed by atoms with Crippen molar-refractivity contribution in [3.63, 3.8) is 0 Å². The summed E-state index contributed by atoms with van der Waals surface area (Å²) in [5, 5.41) is 45.1. The molecule has 0 unspecified atom stereocenters. The number of carbonyl (C=O) groups is 8. The summed E-state index contributed by atoms with van der Waals surface area (Å²) in [6.07, 6.45) is -1.75. The Bertz CT molecular complexity index is 1000. The second-order valence-electron chi connectivity index (χ2n) is 9.77. The van der Waals surface area contributed by atoms with Gasteiger partial charge in [0.2, 0.25) is 23.6 Å². The summed E-state index contributed by atoms with van der Waals surface area (Å²) in [5.41, 5.74) is 11.2. The third-order valence-corrected chi connectivity index (χ3v) is 5.84. The second kappa shape index (κ2) is 18.9. The van der Waals surface area contributed by atoms with Crippen LogP contribution < -0.4 is 32.7 Å². The Balaban J connectivity index is 5.84. The summed E-state index contributed by atoms with van der Waals surface area (Å²) < 4.78 is 0. The van der Waals surface area contributed by atoms with E-state index in [1.165, 1.54) is 13.8 Å². The second-order valence-corrected chi connectivity index (χ2v) is 9.77. The lowest BCUT2D eigenvalue weighted by molar-refractivity contribution is -0.147. The van der Waals surface area contributed by atoms with Crippen LogP contribution in [0.25, 0.3) is 0 Å². The molecule has 0 saturated heterocycles. The monoisotopic (exact) mass is 604 g/mol. The predicted octanol–water partition coefficient (Wildman–Crippen LogP) is -3.06. The fraction of sp³-hybridized carbons (Fsp3) is 0.667. The van der Waals surface area contributed by atoms with Crippen LogP contribution in [0, 0.1) is 5.92 Å². The Kier molecular flexibility index (Phi) is 17.0. The minimum absolute atomic E-state index is 0.196. The molecular formula is C24H40N6O12. The summed E-state index contributed by atoms with van der Waals surface area (Å²) in [6, 6.07) is -7.69. The number of rotatable bonds is 21. The van der Waals surface area contributed by atoms with E-state index in [9.17, 15) is 48.6 Å². The zero-order chi connectivity index (χ0) is 32.6. The van der Waals surface area contributed by atoms with Crippen molar-refractivity contribution < 1.29 is 58.8 Å². The highest BCUT2D eigenvalue weighted by Gasteiger charge is 2.34. The van der Waals surface area contributed by atoms with Gasteiger partial charge in [-0.15, -0.1) is 0 Å². The molecule has 0 aliphatic heterocycles. The van der Waals surface area contributed by atoms with Gasteiger partial charge in [-0.1, -0.05) is 20.3 Å². The minimum atomic E-state index is -1.82. The van der Waals surface area contributed by atoms with Crippen LogP contribution in [0.4, 0.5) is 0 Å². The fourth-order valence-corrected chi connectivity index (χ4v) is 3.54. The smallest absolute Gasteiger partial charge is 0.326 e. The molecule has 0 saturated carbocycles. The van der Waals surface area contributed by atoms with Crippen molar-refractivity contribution in [1.82, 2.24) is 21.3 Å². The quantitative estimate of drug-likeness (QED) is 0.0582. The number of nitrogens with one attached hydrogen (secondary N) is 4. The van der Waals surface area contributed by atoms with Crippen molar-refractivity contribution in [3.8, 4) is 0 Å². The third kappa shape index (κ3) is 14.9. The van der Waals surface area contributed by atoms with Crippen molar-refractivity contribution in [2.45, 2.75) is 89.0 Å². The third-order valence-electron chi connectivity index (χ3n) is 5.84. The molecule has 0 aromatic heterocycles. The number of nitrogens with two attached hydrogens (primary N) is 2. The van der Waals surface area contributed by atoms with Gasteiger partial charge < -0.3 is 53.2 Å². The molecule has 42 heavy (non-hydrogen) atoms. The van der Waals surface area contributed by atoms with Gasteiger partial charge in [0.15, 0.2) is 0 Å². The van der Waals surface area contributed by atoms with E-state index in [1.54, 1.807) is 0 Å². The molecule has 0 radical (unpaired) electrons. The van der Waals surface area contributed by atoms with Crippen LogP contribution in [0.2, 0.25) is 0 Å². The molecule has 0 aliphatic rings. The van der Waals surface area contributed by atoms with Gasteiger partial charge >= 0.3 is 23.9 Å². The zero-order valence-electron chi connectivity index (χ0n) is 23.3.